The maximum absolute atomic E-state index is 12.4. The highest BCUT2D eigenvalue weighted by atomic mass is 19.3. The molecular formula is C7H15F2NO. The third kappa shape index (κ3) is 2.71. The average Bonchev–Trinajstić information content (AvgIpc) is 2.33. The van der Waals surface area contributed by atoms with Gasteiger partial charge in [-0.3, -0.25) is 0 Å². The van der Waals surface area contributed by atoms with Crippen LogP contribution in [0.2, 0.25) is 0 Å². The van der Waals surface area contributed by atoms with Crippen molar-refractivity contribution in [1.82, 2.24) is 5.32 Å². The van der Waals surface area contributed by atoms with Gasteiger partial charge in [0.25, 0.3) is 5.92 Å². The summed E-state index contributed by atoms with van der Waals surface area (Å²) >= 11 is 0. The molecule has 0 saturated carbocycles. The van der Waals surface area contributed by atoms with Crippen molar-refractivity contribution in [3.05, 3.63) is 0 Å². The van der Waals surface area contributed by atoms with Crippen molar-refractivity contribution < 1.29 is 13.9 Å². The molecule has 0 bridgehead atoms. The fourth-order valence-corrected chi connectivity index (χ4v) is 0.905. The molecule has 2 N–H and O–H groups in total. The number of hydrogen-bond acceptors (Lipinski definition) is 2. The molecule has 1 heterocycles. The van der Waals surface area contributed by atoms with E-state index in [-0.39, 0.29) is 13.1 Å². The van der Waals surface area contributed by atoms with Gasteiger partial charge < -0.3 is 10.4 Å². The predicted molar refractivity (Wildman–Crippen MR) is 39.7 cm³/mol. The van der Waals surface area contributed by atoms with Gasteiger partial charge in [-0.15, -0.1) is 0 Å². The summed E-state index contributed by atoms with van der Waals surface area (Å²) in [5, 5.41) is 10.9. The van der Waals surface area contributed by atoms with Crippen molar-refractivity contribution in [2.75, 3.05) is 19.7 Å². The fourth-order valence-electron chi connectivity index (χ4n) is 0.905. The maximum atomic E-state index is 12.4. The minimum absolute atomic E-state index is 0.226. The molecule has 0 aromatic carbocycles. The standard InChI is InChI=1S/C5H9F2NO.C2H6/c6-5(7)3-8-1-4(5)2-9;1-2/h4,8-9H,1-3H2;1-2H3. The lowest BCUT2D eigenvalue weighted by atomic mass is 10.1. The number of hydrogen-bond donors (Lipinski definition) is 2. The van der Waals surface area contributed by atoms with E-state index in [9.17, 15) is 8.78 Å². The molecule has 0 radical (unpaired) electrons. The Balaban J connectivity index is 0.000000461. The van der Waals surface area contributed by atoms with E-state index in [1.54, 1.807) is 0 Å². The zero-order valence-electron chi connectivity index (χ0n) is 6.90. The Kier molecular flexibility index (Phi) is 4.52. The second kappa shape index (κ2) is 4.62. The molecular weight excluding hydrogens is 152 g/mol. The van der Waals surface area contributed by atoms with E-state index in [2.05, 4.69) is 5.32 Å². The van der Waals surface area contributed by atoms with Crippen molar-refractivity contribution in [2.45, 2.75) is 19.8 Å². The zero-order valence-corrected chi connectivity index (χ0v) is 6.90. The van der Waals surface area contributed by atoms with Crippen LogP contribution in [0.4, 0.5) is 8.78 Å². The van der Waals surface area contributed by atoms with Gasteiger partial charge in [0.1, 0.15) is 0 Å². The predicted octanol–water partition coefficient (Wildman–Crippen LogP) is 0.860. The summed E-state index contributed by atoms with van der Waals surface area (Å²) in [6.45, 7) is 3.50. The molecule has 11 heavy (non-hydrogen) atoms. The lowest BCUT2D eigenvalue weighted by Crippen LogP contribution is -2.29. The second-order valence-corrected chi connectivity index (χ2v) is 2.27. The van der Waals surface area contributed by atoms with Crippen molar-refractivity contribution in [3.63, 3.8) is 0 Å². The van der Waals surface area contributed by atoms with Gasteiger partial charge in [-0.25, -0.2) is 8.78 Å². The van der Waals surface area contributed by atoms with E-state index in [4.69, 9.17) is 5.11 Å². The largest absolute Gasteiger partial charge is 0.396 e. The first-order valence-corrected chi connectivity index (χ1v) is 3.86. The topological polar surface area (TPSA) is 32.3 Å². The van der Waals surface area contributed by atoms with Gasteiger partial charge >= 0.3 is 0 Å². The number of aliphatic hydroxyl groups is 1. The fraction of sp³-hybridized carbons (Fsp3) is 1.00. The highest BCUT2D eigenvalue weighted by Gasteiger charge is 2.43. The Hall–Kier alpha value is -0.220. The van der Waals surface area contributed by atoms with Crippen molar-refractivity contribution in [2.24, 2.45) is 5.92 Å². The number of aliphatic hydroxyl groups excluding tert-OH is 1. The second-order valence-electron chi connectivity index (χ2n) is 2.27. The lowest BCUT2D eigenvalue weighted by molar-refractivity contribution is -0.0397. The summed E-state index contributed by atoms with van der Waals surface area (Å²) in [6.07, 6.45) is 0. The van der Waals surface area contributed by atoms with E-state index in [0.717, 1.165) is 0 Å². The minimum atomic E-state index is -2.70. The summed E-state index contributed by atoms with van der Waals surface area (Å²) in [5.41, 5.74) is 0. The monoisotopic (exact) mass is 167 g/mol. The molecule has 1 aliphatic heterocycles. The minimum Gasteiger partial charge on any atom is -0.396 e. The van der Waals surface area contributed by atoms with Crippen LogP contribution in [0, 0.1) is 5.92 Å². The summed E-state index contributed by atoms with van der Waals surface area (Å²) in [4.78, 5) is 0. The quantitative estimate of drug-likeness (QED) is 0.607. The molecule has 4 heteroatoms. The van der Waals surface area contributed by atoms with Crippen LogP contribution in [0.1, 0.15) is 13.8 Å². The summed E-state index contributed by atoms with van der Waals surface area (Å²) in [7, 11) is 0. The van der Waals surface area contributed by atoms with E-state index >= 15 is 0 Å². The number of nitrogens with one attached hydrogen (secondary N) is 1. The molecule has 0 aromatic rings. The van der Waals surface area contributed by atoms with Gasteiger partial charge in [-0.2, -0.15) is 0 Å². The molecule has 2 nitrogen and oxygen atoms in total. The molecule has 1 atom stereocenters. The molecule has 1 saturated heterocycles. The first kappa shape index (κ1) is 10.8. The number of halogens is 2. The van der Waals surface area contributed by atoms with Crippen LogP contribution in [0.5, 0.6) is 0 Å². The first-order valence-electron chi connectivity index (χ1n) is 3.86. The Labute approximate surface area is 65.6 Å². The van der Waals surface area contributed by atoms with Gasteiger partial charge in [0.15, 0.2) is 0 Å². The van der Waals surface area contributed by atoms with Crippen LogP contribution < -0.4 is 5.32 Å². The van der Waals surface area contributed by atoms with E-state index in [0.29, 0.717) is 0 Å². The zero-order chi connectivity index (χ0) is 8.91. The smallest absolute Gasteiger partial charge is 0.266 e. The molecule has 1 aliphatic rings. The van der Waals surface area contributed by atoms with Gasteiger partial charge in [-0.1, -0.05) is 13.8 Å². The van der Waals surface area contributed by atoms with E-state index in [1.165, 1.54) is 0 Å². The van der Waals surface area contributed by atoms with E-state index < -0.39 is 18.4 Å². The maximum Gasteiger partial charge on any atom is 0.266 e. The van der Waals surface area contributed by atoms with Gasteiger partial charge in [0.05, 0.1) is 19.1 Å². The molecule has 0 spiro atoms. The SMILES string of the molecule is CC.OCC1CNCC1(F)F. The molecule has 0 aliphatic carbocycles. The van der Waals surface area contributed by atoms with Crippen LogP contribution in [-0.2, 0) is 0 Å². The van der Waals surface area contributed by atoms with Crippen molar-refractivity contribution in [1.29, 1.82) is 0 Å². The average molecular weight is 167 g/mol. The molecule has 1 fully saturated rings. The molecule has 0 aromatic heterocycles. The number of alkyl halides is 2. The Morgan fingerprint density at radius 1 is 1.55 bits per heavy atom. The lowest BCUT2D eigenvalue weighted by Gasteiger charge is -2.13. The Bertz CT molecular complexity index is 109. The van der Waals surface area contributed by atoms with Crippen LogP contribution in [0.25, 0.3) is 0 Å². The van der Waals surface area contributed by atoms with Crippen LogP contribution in [0.15, 0.2) is 0 Å². The molecule has 1 unspecified atom stereocenters. The highest BCUT2D eigenvalue weighted by molar-refractivity contribution is 4.86. The molecule has 68 valence electrons. The van der Waals surface area contributed by atoms with E-state index in [1.807, 2.05) is 13.8 Å². The molecule has 1 rings (SSSR count). The normalized spacial score (nSPS) is 27.5. The van der Waals surface area contributed by atoms with Gasteiger partial charge in [-0.05, 0) is 0 Å². The van der Waals surface area contributed by atoms with Gasteiger partial charge in [0.2, 0.25) is 0 Å². The molecule has 0 amide bonds. The Morgan fingerprint density at radius 2 is 2.09 bits per heavy atom. The Morgan fingerprint density at radius 3 is 2.27 bits per heavy atom. The van der Waals surface area contributed by atoms with Crippen LogP contribution in [-0.4, -0.2) is 30.7 Å². The third-order valence-electron chi connectivity index (χ3n) is 1.57. The van der Waals surface area contributed by atoms with Crippen LogP contribution in [0.3, 0.4) is 0 Å². The number of rotatable bonds is 1. The van der Waals surface area contributed by atoms with Crippen LogP contribution >= 0.6 is 0 Å². The van der Waals surface area contributed by atoms with Crippen molar-refractivity contribution in [3.8, 4) is 0 Å². The first-order chi connectivity index (χ1) is 5.17. The highest BCUT2D eigenvalue weighted by Crippen LogP contribution is 2.26. The summed E-state index contributed by atoms with van der Waals surface area (Å²) < 4.78 is 24.8. The summed E-state index contributed by atoms with van der Waals surface area (Å²) in [5.74, 6) is -3.58. The summed E-state index contributed by atoms with van der Waals surface area (Å²) in [6, 6.07) is 0. The van der Waals surface area contributed by atoms with Gasteiger partial charge in [0, 0.05) is 6.54 Å². The third-order valence-corrected chi connectivity index (χ3v) is 1.57. The van der Waals surface area contributed by atoms with Crippen molar-refractivity contribution >= 4 is 0 Å².